The number of amides is 2. The van der Waals surface area contributed by atoms with Crippen molar-refractivity contribution in [3.05, 3.63) is 29.8 Å². The Labute approximate surface area is 155 Å². The highest BCUT2D eigenvalue weighted by Crippen LogP contribution is 2.12. The van der Waals surface area contributed by atoms with E-state index in [-0.39, 0.29) is 24.0 Å². The van der Waals surface area contributed by atoms with Crippen molar-refractivity contribution in [3.8, 4) is 5.75 Å². The molecule has 1 saturated heterocycles. The van der Waals surface area contributed by atoms with Gasteiger partial charge in [-0.05, 0) is 32.4 Å². The van der Waals surface area contributed by atoms with Gasteiger partial charge < -0.3 is 19.3 Å². The van der Waals surface area contributed by atoms with E-state index in [2.05, 4.69) is 0 Å². The molecule has 1 fully saturated rings. The molecule has 6 nitrogen and oxygen atoms in total. The van der Waals surface area contributed by atoms with Gasteiger partial charge in [0.25, 0.3) is 0 Å². The summed E-state index contributed by atoms with van der Waals surface area (Å²) in [5, 5.41) is 0. The van der Waals surface area contributed by atoms with E-state index in [0.717, 1.165) is 5.75 Å². The number of carbonyl (C=O) groups excluding carboxylic acids is 3. The van der Waals surface area contributed by atoms with E-state index >= 15 is 0 Å². The molecule has 0 N–H and O–H groups in total. The van der Waals surface area contributed by atoms with Gasteiger partial charge in [0.1, 0.15) is 11.5 Å². The van der Waals surface area contributed by atoms with Crippen LogP contribution in [0.3, 0.4) is 0 Å². The van der Waals surface area contributed by atoms with Crippen LogP contribution >= 0.6 is 0 Å². The van der Waals surface area contributed by atoms with E-state index in [1.807, 2.05) is 31.2 Å². The standard InChI is InChI=1S/C20H28N2O4/c1-16-5-8-18(9-6-16)26-15-3-4-19(24)21-11-13-22(14-12-21)20(25)10-7-17(2)23/h5-6,8-9H,3-4,7,10-15H2,1-2H3. The van der Waals surface area contributed by atoms with Gasteiger partial charge in [-0.15, -0.1) is 0 Å². The monoisotopic (exact) mass is 360 g/mol. The molecule has 0 atom stereocenters. The lowest BCUT2D eigenvalue weighted by Crippen LogP contribution is -2.50. The average Bonchev–Trinajstić information content (AvgIpc) is 2.64. The second-order valence-corrected chi connectivity index (χ2v) is 6.73. The largest absolute Gasteiger partial charge is 0.494 e. The quantitative estimate of drug-likeness (QED) is 0.667. The minimum atomic E-state index is -0.00111. The molecule has 1 aliphatic heterocycles. The molecule has 0 saturated carbocycles. The summed E-state index contributed by atoms with van der Waals surface area (Å²) in [6.45, 7) is 6.24. The number of hydrogen-bond donors (Lipinski definition) is 0. The van der Waals surface area contributed by atoms with Gasteiger partial charge in [-0.2, -0.15) is 0 Å². The van der Waals surface area contributed by atoms with Gasteiger partial charge in [0.15, 0.2) is 0 Å². The van der Waals surface area contributed by atoms with Gasteiger partial charge in [0, 0.05) is 45.4 Å². The highest BCUT2D eigenvalue weighted by Gasteiger charge is 2.23. The van der Waals surface area contributed by atoms with Crippen LogP contribution in [0.4, 0.5) is 0 Å². The Morgan fingerprint density at radius 1 is 0.885 bits per heavy atom. The molecule has 0 radical (unpaired) electrons. The zero-order chi connectivity index (χ0) is 18.9. The summed E-state index contributed by atoms with van der Waals surface area (Å²) in [5.41, 5.74) is 1.19. The Hall–Kier alpha value is -2.37. The smallest absolute Gasteiger partial charge is 0.223 e. The lowest BCUT2D eigenvalue weighted by molar-refractivity contribution is -0.140. The van der Waals surface area contributed by atoms with Crippen LogP contribution in [0.2, 0.25) is 0 Å². The molecule has 2 amide bonds. The van der Waals surface area contributed by atoms with Crippen LogP contribution < -0.4 is 4.74 Å². The Bertz CT molecular complexity index is 619. The molecular weight excluding hydrogens is 332 g/mol. The minimum Gasteiger partial charge on any atom is -0.494 e. The number of hydrogen-bond acceptors (Lipinski definition) is 4. The van der Waals surface area contributed by atoms with Gasteiger partial charge >= 0.3 is 0 Å². The molecule has 1 heterocycles. The number of piperazine rings is 1. The summed E-state index contributed by atoms with van der Waals surface area (Å²) in [7, 11) is 0. The second kappa shape index (κ2) is 9.94. The highest BCUT2D eigenvalue weighted by atomic mass is 16.5. The van der Waals surface area contributed by atoms with E-state index in [4.69, 9.17) is 4.74 Å². The summed E-state index contributed by atoms with van der Waals surface area (Å²) < 4.78 is 5.64. The van der Waals surface area contributed by atoms with Gasteiger partial charge in [-0.1, -0.05) is 17.7 Å². The number of ether oxygens (including phenoxy) is 1. The molecule has 1 aliphatic rings. The fraction of sp³-hybridized carbons (Fsp3) is 0.550. The predicted octanol–water partition coefficient (Wildman–Crippen LogP) is 2.19. The molecule has 0 aromatic heterocycles. The summed E-state index contributed by atoms with van der Waals surface area (Å²) in [4.78, 5) is 38.8. The number of Topliss-reactive ketones (excluding diaryl/α,β-unsaturated/α-hetero) is 1. The molecule has 1 aromatic rings. The van der Waals surface area contributed by atoms with E-state index < -0.39 is 0 Å². The summed E-state index contributed by atoms with van der Waals surface area (Å²) in [5.74, 6) is 0.952. The molecule has 2 rings (SSSR count). The lowest BCUT2D eigenvalue weighted by atomic mass is 10.2. The van der Waals surface area contributed by atoms with Crippen molar-refractivity contribution >= 4 is 17.6 Å². The molecule has 0 unspecified atom stereocenters. The summed E-state index contributed by atoms with van der Waals surface area (Å²) >= 11 is 0. The van der Waals surface area contributed by atoms with E-state index in [9.17, 15) is 14.4 Å². The van der Waals surface area contributed by atoms with Crippen LogP contribution in [0, 0.1) is 6.92 Å². The van der Waals surface area contributed by atoms with Gasteiger partial charge in [-0.3, -0.25) is 9.59 Å². The van der Waals surface area contributed by atoms with Crippen LogP contribution in [0.5, 0.6) is 5.75 Å². The number of aryl methyl sites for hydroxylation is 1. The molecule has 0 bridgehead atoms. The van der Waals surface area contributed by atoms with E-state index in [1.165, 1.54) is 12.5 Å². The topological polar surface area (TPSA) is 66.9 Å². The molecule has 26 heavy (non-hydrogen) atoms. The average molecular weight is 360 g/mol. The summed E-state index contributed by atoms with van der Waals surface area (Å²) in [6.07, 6.45) is 1.67. The third-order valence-electron chi connectivity index (χ3n) is 4.50. The molecule has 1 aromatic carbocycles. The number of nitrogens with zero attached hydrogens (tertiary/aromatic N) is 2. The third kappa shape index (κ3) is 6.50. The van der Waals surface area contributed by atoms with Crippen molar-refractivity contribution in [3.63, 3.8) is 0 Å². The second-order valence-electron chi connectivity index (χ2n) is 6.73. The zero-order valence-corrected chi connectivity index (χ0v) is 15.7. The van der Waals surface area contributed by atoms with Crippen molar-refractivity contribution in [2.75, 3.05) is 32.8 Å². The molecular formula is C20H28N2O4. The fourth-order valence-electron chi connectivity index (χ4n) is 2.85. The van der Waals surface area contributed by atoms with Crippen molar-refractivity contribution in [2.24, 2.45) is 0 Å². The van der Waals surface area contributed by atoms with E-state index in [0.29, 0.717) is 52.0 Å². The van der Waals surface area contributed by atoms with Gasteiger partial charge in [0.2, 0.25) is 11.8 Å². The Morgan fingerprint density at radius 3 is 1.96 bits per heavy atom. The predicted molar refractivity (Wildman–Crippen MR) is 99.0 cm³/mol. The zero-order valence-electron chi connectivity index (χ0n) is 15.7. The first-order valence-electron chi connectivity index (χ1n) is 9.20. The number of benzene rings is 1. The Kier molecular flexibility index (Phi) is 7.63. The first-order chi connectivity index (χ1) is 12.5. The Morgan fingerprint density at radius 2 is 1.42 bits per heavy atom. The molecule has 0 aliphatic carbocycles. The fourth-order valence-corrected chi connectivity index (χ4v) is 2.85. The number of ketones is 1. The van der Waals surface area contributed by atoms with Crippen molar-refractivity contribution < 1.29 is 19.1 Å². The molecule has 142 valence electrons. The number of rotatable bonds is 8. The van der Waals surface area contributed by atoms with Gasteiger partial charge in [-0.25, -0.2) is 0 Å². The normalized spacial score (nSPS) is 14.2. The van der Waals surface area contributed by atoms with Crippen LogP contribution in [-0.2, 0) is 14.4 Å². The first-order valence-corrected chi connectivity index (χ1v) is 9.20. The molecule has 0 spiro atoms. The Balaban J connectivity index is 1.62. The SMILES string of the molecule is CC(=O)CCC(=O)N1CCN(C(=O)CCCOc2ccc(C)cc2)CC1. The van der Waals surface area contributed by atoms with Crippen LogP contribution in [-0.4, -0.2) is 60.2 Å². The third-order valence-corrected chi connectivity index (χ3v) is 4.50. The number of carbonyl (C=O) groups is 3. The van der Waals surface area contributed by atoms with Crippen LogP contribution in [0.1, 0.15) is 38.2 Å². The van der Waals surface area contributed by atoms with Crippen molar-refractivity contribution in [1.29, 1.82) is 0 Å². The maximum absolute atomic E-state index is 12.3. The van der Waals surface area contributed by atoms with Crippen LogP contribution in [0.15, 0.2) is 24.3 Å². The minimum absolute atomic E-state index is 0.00111. The summed E-state index contributed by atoms with van der Waals surface area (Å²) in [6, 6.07) is 7.86. The maximum Gasteiger partial charge on any atom is 0.223 e. The van der Waals surface area contributed by atoms with Gasteiger partial charge in [0.05, 0.1) is 6.61 Å². The van der Waals surface area contributed by atoms with Crippen LogP contribution in [0.25, 0.3) is 0 Å². The maximum atomic E-state index is 12.3. The van der Waals surface area contributed by atoms with Crippen molar-refractivity contribution in [1.82, 2.24) is 9.80 Å². The highest BCUT2D eigenvalue weighted by molar-refractivity contribution is 5.84. The lowest BCUT2D eigenvalue weighted by Gasteiger charge is -2.35. The molecule has 6 heteroatoms. The first kappa shape index (κ1) is 19.9. The van der Waals surface area contributed by atoms with E-state index in [1.54, 1.807) is 9.80 Å². The van der Waals surface area contributed by atoms with Crippen molar-refractivity contribution in [2.45, 2.75) is 39.5 Å².